The van der Waals surface area contributed by atoms with Gasteiger partial charge in [-0.2, -0.15) is 0 Å². The van der Waals surface area contributed by atoms with Gasteiger partial charge in [-0.15, -0.1) is 0 Å². The summed E-state index contributed by atoms with van der Waals surface area (Å²) in [5.74, 6) is -0.213. The van der Waals surface area contributed by atoms with Gasteiger partial charge in [-0.25, -0.2) is 9.78 Å². The number of aromatic carboxylic acids is 1. The van der Waals surface area contributed by atoms with Crippen LogP contribution in [0.15, 0.2) is 23.1 Å². The zero-order valence-corrected chi connectivity index (χ0v) is 18.3. The second-order valence-corrected chi connectivity index (χ2v) is 8.85. The number of ether oxygens (including phenoxy) is 3. The van der Waals surface area contributed by atoms with E-state index in [9.17, 15) is 14.7 Å². The Morgan fingerprint density at radius 3 is 2.74 bits per heavy atom. The lowest BCUT2D eigenvalue weighted by Crippen LogP contribution is -2.32. The Morgan fingerprint density at radius 2 is 2.06 bits per heavy atom. The van der Waals surface area contributed by atoms with Crippen molar-refractivity contribution in [1.82, 2.24) is 9.55 Å². The average molecular weight is 428 g/mol. The molecule has 0 saturated heterocycles. The number of nitrogens with zero attached hydrogens (tertiary/aromatic N) is 2. The van der Waals surface area contributed by atoms with E-state index < -0.39 is 11.4 Å². The summed E-state index contributed by atoms with van der Waals surface area (Å²) in [4.78, 5) is 29.0. The SMILES string of the molecule is COCCCOc1nc2c(cc1OC)-c1cc(=O)c(C(=O)O)cn1C1[C@H]2CCC1(C)C. The van der Waals surface area contributed by atoms with Gasteiger partial charge in [-0.1, -0.05) is 13.8 Å². The van der Waals surface area contributed by atoms with Crippen LogP contribution in [0.25, 0.3) is 11.3 Å². The van der Waals surface area contributed by atoms with Crippen LogP contribution in [0.1, 0.15) is 61.1 Å². The number of carboxylic acid groups (broad SMARTS) is 1. The Balaban J connectivity index is 1.88. The third-order valence-corrected chi connectivity index (χ3v) is 6.45. The van der Waals surface area contributed by atoms with E-state index in [1.54, 1.807) is 14.2 Å². The molecule has 1 aliphatic carbocycles. The quantitative estimate of drug-likeness (QED) is 0.674. The van der Waals surface area contributed by atoms with Crippen molar-refractivity contribution in [2.24, 2.45) is 5.41 Å². The standard InChI is InChI=1S/C23H28N2O6/c1-23(2)7-6-13-19-14(10-18(30-4)21(24-19)31-9-5-8-29-3)16-11-17(26)15(22(27)28)12-25(16)20(13)23/h10-13,20H,5-9H2,1-4H3,(H,27,28)/t13-,20?/m0/s1. The fourth-order valence-electron chi connectivity index (χ4n) is 4.99. The molecule has 1 fully saturated rings. The number of hydrogen-bond donors (Lipinski definition) is 1. The van der Waals surface area contributed by atoms with Crippen molar-refractivity contribution in [3.63, 3.8) is 0 Å². The summed E-state index contributed by atoms with van der Waals surface area (Å²) in [5.41, 5.74) is 1.51. The van der Waals surface area contributed by atoms with E-state index in [-0.39, 0.29) is 22.9 Å². The van der Waals surface area contributed by atoms with E-state index in [1.165, 1.54) is 12.3 Å². The molecule has 2 aromatic rings. The lowest BCUT2D eigenvalue weighted by Gasteiger charge is -2.39. The summed E-state index contributed by atoms with van der Waals surface area (Å²) in [6, 6.07) is 3.25. The summed E-state index contributed by atoms with van der Waals surface area (Å²) in [7, 11) is 3.20. The molecular weight excluding hydrogens is 400 g/mol. The van der Waals surface area contributed by atoms with Crippen LogP contribution in [-0.2, 0) is 4.74 Å². The molecule has 2 atom stereocenters. The van der Waals surface area contributed by atoms with Gasteiger partial charge >= 0.3 is 5.97 Å². The first-order chi connectivity index (χ1) is 14.8. The Kier molecular flexibility index (Phi) is 5.51. The fourth-order valence-corrected chi connectivity index (χ4v) is 4.99. The number of rotatable bonds is 7. The van der Waals surface area contributed by atoms with E-state index in [0.29, 0.717) is 30.5 Å². The van der Waals surface area contributed by atoms with Crippen molar-refractivity contribution in [3.8, 4) is 22.9 Å². The minimum atomic E-state index is -1.21. The zero-order chi connectivity index (χ0) is 22.3. The highest BCUT2D eigenvalue weighted by molar-refractivity contribution is 5.87. The fraction of sp³-hybridized carbons (Fsp3) is 0.522. The number of pyridine rings is 2. The van der Waals surface area contributed by atoms with E-state index >= 15 is 0 Å². The Morgan fingerprint density at radius 1 is 1.29 bits per heavy atom. The third kappa shape index (κ3) is 3.59. The molecule has 0 bridgehead atoms. The molecule has 0 spiro atoms. The monoisotopic (exact) mass is 428 g/mol. The number of carbonyl (C=O) groups is 1. The van der Waals surface area contributed by atoms with Crippen LogP contribution in [-0.4, -0.2) is 48.1 Å². The predicted molar refractivity (Wildman–Crippen MR) is 114 cm³/mol. The number of aromatic nitrogens is 2. The van der Waals surface area contributed by atoms with Crippen molar-refractivity contribution in [3.05, 3.63) is 39.8 Å². The lowest BCUT2D eigenvalue weighted by atomic mass is 9.79. The Hall–Kier alpha value is -2.87. The number of hydrogen-bond acceptors (Lipinski definition) is 6. The van der Waals surface area contributed by atoms with Gasteiger partial charge in [0, 0.05) is 49.9 Å². The Bertz CT molecular complexity index is 1070. The van der Waals surface area contributed by atoms with Gasteiger partial charge in [0.15, 0.2) is 11.2 Å². The van der Waals surface area contributed by atoms with Crippen LogP contribution in [0.3, 0.4) is 0 Å². The molecule has 1 aliphatic heterocycles. The first-order valence-electron chi connectivity index (χ1n) is 10.5. The topological polar surface area (TPSA) is 99.9 Å². The first-order valence-corrected chi connectivity index (χ1v) is 10.5. The molecule has 3 heterocycles. The summed E-state index contributed by atoms with van der Waals surface area (Å²) < 4.78 is 18.5. The minimum absolute atomic E-state index is 0.00376. The summed E-state index contributed by atoms with van der Waals surface area (Å²) in [6.07, 6.45) is 4.11. The highest BCUT2D eigenvalue weighted by Crippen LogP contribution is 2.59. The zero-order valence-electron chi connectivity index (χ0n) is 18.3. The van der Waals surface area contributed by atoms with Crippen LogP contribution >= 0.6 is 0 Å². The third-order valence-electron chi connectivity index (χ3n) is 6.45. The van der Waals surface area contributed by atoms with Gasteiger partial charge in [-0.05, 0) is 24.3 Å². The van der Waals surface area contributed by atoms with Gasteiger partial charge in [0.05, 0.1) is 25.1 Å². The van der Waals surface area contributed by atoms with Crippen molar-refractivity contribution in [1.29, 1.82) is 0 Å². The first kappa shape index (κ1) is 21.4. The van der Waals surface area contributed by atoms with Crippen LogP contribution in [0, 0.1) is 5.41 Å². The minimum Gasteiger partial charge on any atom is -0.491 e. The molecule has 1 unspecified atom stereocenters. The maximum Gasteiger partial charge on any atom is 0.341 e. The maximum atomic E-state index is 12.5. The summed E-state index contributed by atoms with van der Waals surface area (Å²) in [5, 5.41) is 9.50. The van der Waals surface area contributed by atoms with Crippen molar-refractivity contribution < 1.29 is 24.1 Å². The van der Waals surface area contributed by atoms with E-state index in [0.717, 1.165) is 30.5 Å². The molecule has 0 radical (unpaired) electrons. The van der Waals surface area contributed by atoms with Crippen molar-refractivity contribution in [2.75, 3.05) is 27.4 Å². The van der Waals surface area contributed by atoms with Gasteiger partial charge < -0.3 is 23.9 Å². The average Bonchev–Trinajstić information content (AvgIpc) is 3.05. The molecule has 2 aliphatic rings. The molecule has 166 valence electrons. The molecule has 0 amide bonds. The summed E-state index contributed by atoms with van der Waals surface area (Å²) >= 11 is 0. The second kappa shape index (κ2) is 8.00. The summed E-state index contributed by atoms with van der Waals surface area (Å²) in [6.45, 7) is 5.40. The van der Waals surface area contributed by atoms with Crippen LogP contribution in [0.4, 0.5) is 0 Å². The van der Waals surface area contributed by atoms with Gasteiger partial charge in [0.2, 0.25) is 0 Å². The molecule has 4 rings (SSSR count). The van der Waals surface area contributed by atoms with Gasteiger partial charge in [-0.3, -0.25) is 4.79 Å². The number of methoxy groups -OCH3 is 2. The molecule has 2 aromatic heterocycles. The number of fused-ring (bicyclic) bond motifs is 6. The molecule has 31 heavy (non-hydrogen) atoms. The normalized spacial score (nSPS) is 20.5. The maximum absolute atomic E-state index is 12.5. The van der Waals surface area contributed by atoms with Crippen molar-refractivity contribution >= 4 is 5.97 Å². The Labute approximate surface area is 180 Å². The van der Waals surface area contributed by atoms with Crippen molar-refractivity contribution in [2.45, 2.75) is 45.1 Å². The van der Waals surface area contributed by atoms with E-state index in [4.69, 9.17) is 19.2 Å². The lowest BCUT2D eigenvalue weighted by molar-refractivity contribution is 0.0693. The van der Waals surface area contributed by atoms with Crippen LogP contribution < -0.4 is 14.9 Å². The predicted octanol–water partition coefficient (Wildman–Crippen LogP) is 3.49. The largest absolute Gasteiger partial charge is 0.491 e. The molecule has 0 aromatic carbocycles. The van der Waals surface area contributed by atoms with E-state index in [1.807, 2.05) is 10.6 Å². The molecular formula is C23H28N2O6. The smallest absolute Gasteiger partial charge is 0.341 e. The highest BCUT2D eigenvalue weighted by atomic mass is 16.5. The highest BCUT2D eigenvalue weighted by Gasteiger charge is 2.48. The van der Waals surface area contributed by atoms with E-state index in [2.05, 4.69) is 13.8 Å². The number of carboxylic acids is 1. The van der Waals surface area contributed by atoms with Crippen LogP contribution in [0.2, 0.25) is 0 Å². The molecule has 1 N–H and O–H groups in total. The van der Waals surface area contributed by atoms with Gasteiger partial charge in [0.25, 0.3) is 5.88 Å². The molecule has 8 nitrogen and oxygen atoms in total. The van der Waals surface area contributed by atoms with Crippen LogP contribution in [0.5, 0.6) is 11.6 Å². The molecule has 8 heteroatoms. The second-order valence-electron chi connectivity index (χ2n) is 8.85. The van der Waals surface area contributed by atoms with Gasteiger partial charge in [0.1, 0.15) is 5.56 Å². The molecule has 1 saturated carbocycles.